The fourth-order valence-corrected chi connectivity index (χ4v) is 2.30. The SMILES string of the molecule is C=C1C2=CC=CNC2COc2ccc(OC)cc21. The third-order valence-corrected chi connectivity index (χ3v) is 3.31. The third-order valence-electron chi connectivity index (χ3n) is 3.31. The van der Waals surface area contributed by atoms with E-state index in [-0.39, 0.29) is 6.04 Å². The fourth-order valence-electron chi connectivity index (χ4n) is 2.30. The van der Waals surface area contributed by atoms with Gasteiger partial charge in [0, 0.05) is 5.56 Å². The molecule has 1 aromatic rings. The Balaban J connectivity index is 2.09. The Labute approximate surface area is 106 Å². The van der Waals surface area contributed by atoms with Gasteiger partial charge in [-0.25, -0.2) is 0 Å². The van der Waals surface area contributed by atoms with E-state index < -0.39 is 0 Å². The minimum atomic E-state index is 0.167. The van der Waals surface area contributed by atoms with E-state index in [9.17, 15) is 0 Å². The van der Waals surface area contributed by atoms with E-state index in [1.54, 1.807) is 7.11 Å². The molecule has 2 aliphatic rings. The number of hydrogen-bond donors (Lipinski definition) is 1. The second kappa shape index (κ2) is 4.26. The van der Waals surface area contributed by atoms with Crippen LogP contribution in [0.15, 0.2) is 48.7 Å². The number of ether oxygens (including phenoxy) is 2. The highest BCUT2D eigenvalue weighted by atomic mass is 16.5. The third kappa shape index (κ3) is 1.68. The van der Waals surface area contributed by atoms with Gasteiger partial charge in [0.15, 0.2) is 0 Å². The maximum Gasteiger partial charge on any atom is 0.127 e. The van der Waals surface area contributed by atoms with E-state index >= 15 is 0 Å². The lowest BCUT2D eigenvalue weighted by molar-refractivity contribution is 0.294. The van der Waals surface area contributed by atoms with Gasteiger partial charge in [0.2, 0.25) is 0 Å². The summed E-state index contributed by atoms with van der Waals surface area (Å²) in [7, 11) is 1.66. The zero-order valence-electron chi connectivity index (χ0n) is 10.3. The van der Waals surface area contributed by atoms with Gasteiger partial charge in [-0.15, -0.1) is 0 Å². The van der Waals surface area contributed by atoms with Crippen molar-refractivity contribution in [3.63, 3.8) is 0 Å². The van der Waals surface area contributed by atoms with Crippen molar-refractivity contribution in [2.45, 2.75) is 6.04 Å². The van der Waals surface area contributed by atoms with Gasteiger partial charge in [0.1, 0.15) is 18.1 Å². The molecule has 0 saturated heterocycles. The normalized spacial score (nSPS) is 20.8. The van der Waals surface area contributed by atoms with Crippen molar-refractivity contribution >= 4 is 5.57 Å². The lowest BCUT2D eigenvalue weighted by Crippen LogP contribution is -2.33. The highest BCUT2D eigenvalue weighted by Crippen LogP contribution is 2.37. The van der Waals surface area contributed by atoms with Crippen molar-refractivity contribution in [3.05, 3.63) is 54.3 Å². The quantitative estimate of drug-likeness (QED) is 0.819. The predicted molar refractivity (Wildman–Crippen MR) is 71.7 cm³/mol. The van der Waals surface area contributed by atoms with Gasteiger partial charge < -0.3 is 14.8 Å². The molecule has 2 heterocycles. The summed E-state index contributed by atoms with van der Waals surface area (Å²) in [5.41, 5.74) is 3.16. The number of hydrogen-bond acceptors (Lipinski definition) is 3. The largest absolute Gasteiger partial charge is 0.497 e. The summed E-state index contributed by atoms with van der Waals surface area (Å²) in [4.78, 5) is 0. The number of allylic oxidation sites excluding steroid dienone is 2. The first-order chi connectivity index (χ1) is 8.79. The smallest absolute Gasteiger partial charge is 0.127 e. The molecule has 0 saturated carbocycles. The van der Waals surface area contributed by atoms with Crippen molar-refractivity contribution < 1.29 is 9.47 Å². The number of nitrogens with one attached hydrogen (secondary N) is 1. The van der Waals surface area contributed by atoms with E-state index in [1.807, 2.05) is 30.5 Å². The first-order valence-corrected chi connectivity index (χ1v) is 5.93. The molecule has 0 bridgehead atoms. The van der Waals surface area contributed by atoms with Crippen molar-refractivity contribution in [2.24, 2.45) is 0 Å². The summed E-state index contributed by atoms with van der Waals surface area (Å²) in [6.07, 6.45) is 6.00. The Morgan fingerprint density at radius 3 is 3.17 bits per heavy atom. The van der Waals surface area contributed by atoms with Crippen LogP contribution in [0.25, 0.3) is 5.57 Å². The molecule has 3 nitrogen and oxygen atoms in total. The van der Waals surface area contributed by atoms with Gasteiger partial charge in [-0.1, -0.05) is 12.7 Å². The molecule has 0 aromatic heterocycles. The van der Waals surface area contributed by atoms with E-state index in [4.69, 9.17) is 9.47 Å². The maximum absolute atomic E-state index is 5.83. The highest BCUT2D eigenvalue weighted by Gasteiger charge is 2.25. The van der Waals surface area contributed by atoms with Gasteiger partial charge in [-0.3, -0.25) is 0 Å². The predicted octanol–water partition coefficient (Wildman–Crippen LogP) is 2.51. The summed E-state index contributed by atoms with van der Waals surface area (Å²) in [5.74, 6) is 1.68. The molecule has 0 aliphatic carbocycles. The van der Waals surface area contributed by atoms with E-state index in [1.165, 1.54) is 5.57 Å². The standard InChI is InChI=1S/C15H15NO2/c1-10-12-4-3-7-16-14(12)9-18-15-6-5-11(17-2)8-13(10)15/h3-8,14,16H,1,9H2,2H3. The van der Waals surface area contributed by atoms with Crippen LogP contribution in [0, 0.1) is 0 Å². The molecule has 0 radical (unpaired) electrons. The average Bonchev–Trinajstić information content (AvgIpc) is 2.57. The van der Waals surface area contributed by atoms with Crippen LogP contribution < -0.4 is 14.8 Å². The zero-order valence-corrected chi connectivity index (χ0v) is 10.3. The lowest BCUT2D eigenvalue weighted by Gasteiger charge is -2.21. The van der Waals surface area contributed by atoms with Crippen LogP contribution in [0.1, 0.15) is 5.56 Å². The first kappa shape index (κ1) is 11.0. The minimum Gasteiger partial charge on any atom is -0.497 e. The fraction of sp³-hybridized carbons (Fsp3) is 0.200. The number of rotatable bonds is 1. The van der Waals surface area contributed by atoms with Crippen molar-refractivity contribution in [2.75, 3.05) is 13.7 Å². The Bertz CT molecular complexity index is 558. The van der Waals surface area contributed by atoms with Gasteiger partial charge in [-0.05, 0) is 41.6 Å². The number of methoxy groups -OCH3 is 1. The van der Waals surface area contributed by atoms with Gasteiger partial charge in [0.05, 0.1) is 13.2 Å². The Morgan fingerprint density at radius 1 is 1.44 bits per heavy atom. The van der Waals surface area contributed by atoms with Gasteiger partial charge >= 0.3 is 0 Å². The van der Waals surface area contributed by atoms with Crippen LogP contribution in [0.3, 0.4) is 0 Å². The minimum absolute atomic E-state index is 0.167. The number of benzene rings is 1. The van der Waals surface area contributed by atoms with Crippen LogP contribution in [0.2, 0.25) is 0 Å². The molecule has 1 aromatic carbocycles. The molecule has 1 atom stereocenters. The summed E-state index contributed by atoms with van der Waals surface area (Å²) in [6.45, 7) is 4.80. The molecule has 0 spiro atoms. The van der Waals surface area contributed by atoms with Crippen LogP contribution >= 0.6 is 0 Å². The van der Waals surface area contributed by atoms with Gasteiger partial charge in [0.25, 0.3) is 0 Å². The second-order valence-corrected chi connectivity index (χ2v) is 4.35. The molecule has 3 heteroatoms. The highest BCUT2D eigenvalue weighted by molar-refractivity contribution is 5.83. The Morgan fingerprint density at radius 2 is 2.33 bits per heavy atom. The summed E-state index contributed by atoms with van der Waals surface area (Å²) in [6, 6.07) is 5.98. The summed E-state index contributed by atoms with van der Waals surface area (Å²) >= 11 is 0. The Kier molecular flexibility index (Phi) is 2.59. The second-order valence-electron chi connectivity index (χ2n) is 4.35. The van der Waals surface area contributed by atoms with E-state index in [0.29, 0.717) is 6.61 Å². The average molecular weight is 241 g/mol. The molecule has 0 fully saturated rings. The monoisotopic (exact) mass is 241 g/mol. The lowest BCUT2D eigenvalue weighted by atomic mass is 9.93. The Hall–Kier alpha value is -2.16. The van der Waals surface area contributed by atoms with E-state index in [2.05, 4.69) is 18.0 Å². The van der Waals surface area contributed by atoms with Crippen LogP contribution in [0.4, 0.5) is 0 Å². The van der Waals surface area contributed by atoms with Crippen LogP contribution in [-0.4, -0.2) is 19.8 Å². The number of fused-ring (bicyclic) bond motifs is 2. The van der Waals surface area contributed by atoms with Gasteiger partial charge in [-0.2, -0.15) is 0 Å². The van der Waals surface area contributed by atoms with Crippen LogP contribution in [-0.2, 0) is 0 Å². The first-order valence-electron chi connectivity index (χ1n) is 5.93. The van der Waals surface area contributed by atoms with Crippen molar-refractivity contribution in [1.29, 1.82) is 0 Å². The molecular formula is C15H15NO2. The van der Waals surface area contributed by atoms with Crippen molar-refractivity contribution in [3.8, 4) is 11.5 Å². The molecule has 1 N–H and O–H groups in total. The summed E-state index contributed by atoms with van der Waals surface area (Å²) in [5, 5.41) is 3.29. The van der Waals surface area contributed by atoms with E-state index in [0.717, 1.165) is 22.6 Å². The molecule has 3 rings (SSSR count). The molecule has 2 aliphatic heterocycles. The number of dihydropyridines is 1. The maximum atomic E-state index is 5.83. The zero-order chi connectivity index (χ0) is 12.5. The molecular weight excluding hydrogens is 226 g/mol. The topological polar surface area (TPSA) is 30.5 Å². The molecule has 0 amide bonds. The summed E-state index contributed by atoms with van der Waals surface area (Å²) < 4.78 is 11.1. The molecule has 1 unspecified atom stereocenters. The van der Waals surface area contributed by atoms with Crippen molar-refractivity contribution in [1.82, 2.24) is 5.32 Å². The molecule has 18 heavy (non-hydrogen) atoms. The van der Waals surface area contributed by atoms with Crippen LogP contribution in [0.5, 0.6) is 11.5 Å². The molecule has 92 valence electrons.